The second-order valence-electron chi connectivity index (χ2n) is 4.29. The number of hydrogen-bond acceptors (Lipinski definition) is 4. The Hall–Kier alpha value is -1.20. The summed E-state index contributed by atoms with van der Waals surface area (Å²) in [6.45, 7) is 3.91. The van der Waals surface area contributed by atoms with Gasteiger partial charge in [-0.05, 0) is 24.6 Å². The molecule has 1 saturated heterocycles. The van der Waals surface area contributed by atoms with Crippen molar-refractivity contribution in [3.8, 4) is 11.4 Å². The maximum absolute atomic E-state index is 5.29. The Morgan fingerprint density at radius 2 is 2.24 bits per heavy atom. The van der Waals surface area contributed by atoms with E-state index in [-0.39, 0.29) is 0 Å². The minimum absolute atomic E-state index is 0.375. The van der Waals surface area contributed by atoms with E-state index in [2.05, 4.69) is 44.4 Å². The van der Waals surface area contributed by atoms with Crippen LogP contribution in [0.1, 0.15) is 17.4 Å². The second kappa shape index (κ2) is 4.23. The van der Waals surface area contributed by atoms with Crippen molar-refractivity contribution in [2.75, 3.05) is 13.1 Å². The molecule has 1 aromatic carbocycles. The van der Waals surface area contributed by atoms with Gasteiger partial charge in [-0.15, -0.1) is 0 Å². The normalized spacial score (nSPS) is 15.9. The van der Waals surface area contributed by atoms with Crippen LogP contribution in [0.5, 0.6) is 0 Å². The molecule has 1 fully saturated rings. The van der Waals surface area contributed by atoms with Crippen LogP contribution < -0.4 is 5.32 Å². The Labute approximate surface area is 108 Å². The van der Waals surface area contributed by atoms with Gasteiger partial charge in [-0.3, -0.25) is 0 Å². The summed E-state index contributed by atoms with van der Waals surface area (Å²) in [5, 5.41) is 7.23. The van der Waals surface area contributed by atoms with Gasteiger partial charge in [0.25, 0.3) is 0 Å². The first-order valence-corrected chi connectivity index (χ1v) is 6.34. The van der Waals surface area contributed by atoms with Gasteiger partial charge >= 0.3 is 0 Å². The van der Waals surface area contributed by atoms with E-state index >= 15 is 0 Å². The van der Waals surface area contributed by atoms with E-state index in [4.69, 9.17) is 4.52 Å². The monoisotopic (exact) mass is 293 g/mol. The minimum atomic E-state index is 0.375. The van der Waals surface area contributed by atoms with Crippen LogP contribution in [0.2, 0.25) is 0 Å². The highest BCUT2D eigenvalue weighted by Gasteiger charge is 2.25. The largest absolute Gasteiger partial charge is 0.339 e. The molecule has 0 atom stereocenters. The molecular formula is C12H12BrN3O. The third kappa shape index (κ3) is 2.00. The summed E-state index contributed by atoms with van der Waals surface area (Å²) in [5.74, 6) is 1.76. The number of aryl methyl sites for hydroxylation is 1. The maximum atomic E-state index is 5.29. The molecule has 0 bridgehead atoms. The maximum Gasteiger partial charge on any atom is 0.232 e. The highest BCUT2D eigenvalue weighted by Crippen LogP contribution is 2.28. The Morgan fingerprint density at radius 3 is 2.88 bits per heavy atom. The molecule has 1 aromatic heterocycles. The van der Waals surface area contributed by atoms with Crippen LogP contribution in [-0.4, -0.2) is 23.2 Å². The first-order chi connectivity index (χ1) is 8.24. The molecule has 0 saturated carbocycles. The Morgan fingerprint density at radius 1 is 1.41 bits per heavy atom. The van der Waals surface area contributed by atoms with Crippen molar-refractivity contribution in [3.05, 3.63) is 34.1 Å². The van der Waals surface area contributed by atoms with Crippen molar-refractivity contribution in [2.45, 2.75) is 12.8 Å². The lowest BCUT2D eigenvalue weighted by molar-refractivity contribution is 0.308. The SMILES string of the molecule is Cc1ccc(-c2noc(C3CNC3)n2)c(Br)c1. The average molecular weight is 294 g/mol. The molecule has 4 nitrogen and oxygen atoms in total. The number of nitrogens with one attached hydrogen (secondary N) is 1. The molecule has 0 aliphatic carbocycles. The Bertz CT molecular complexity index is 548. The predicted molar refractivity (Wildman–Crippen MR) is 67.8 cm³/mol. The second-order valence-corrected chi connectivity index (χ2v) is 5.15. The summed E-state index contributed by atoms with van der Waals surface area (Å²) in [7, 11) is 0. The van der Waals surface area contributed by atoms with Gasteiger partial charge in [-0.1, -0.05) is 27.2 Å². The third-order valence-electron chi connectivity index (χ3n) is 2.94. The summed E-state index contributed by atoms with van der Waals surface area (Å²) < 4.78 is 6.28. The average Bonchev–Trinajstić information content (AvgIpc) is 2.64. The molecule has 1 aliphatic rings. The fraction of sp³-hybridized carbons (Fsp3) is 0.333. The highest BCUT2D eigenvalue weighted by molar-refractivity contribution is 9.10. The number of aromatic nitrogens is 2. The molecule has 0 amide bonds. The van der Waals surface area contributed by atoms with Crippen molar-refractivity contribution < 1.29 is 4.52 Å². The van der Waals surface area contributed by atoms with E-state index in [1.54, 1.807) is 0 Å². The van der Waals surface area contributed by atoms with Gasteiger partial charge in [-0.25, -0.2) is 0 Å². The van der Waals surface area contributed by atoms with E-state index in [9.17, 15) is 0 Å². The Kier molecular flexibility index (Phi) is 2.72. The van der Waals surface area contributed by atoms with Gasteiger partial charge in [0.1, 0.15) is 0 Å². The molecule has 17 heavy (non-hydrogen) atoms. The molecule has 2 aromatic rings. The van der Waals surface area contributed by atoms with E-state index in [0.717, 1.165) is 29.0 Å². The third-order valence-corrected chi connectivity index (χ3v) is 3.59. The molecule has 0 unspecified atom stereocenters. The molecule has 1 N–H and O–H groups in total. The van der Waals surface area contributed by atoms with Crippen LogP contribution in [0.4, 0.5) is 0 Å². The predicted octanol–water partition coefficient (Wildman–Crippen LogP) is 2.49. The lowest BCUT2D eigenvalue weighted by atomic mass is 10.0. The molecule has 2 heterocycles. The topological polar surface area (TPSA) is 51.0 Å². The van der Waals surface area contributed by atoms with Crippen LogP contribution >= 0.6 is 15.9 Å². The molecular weight excluding hydrogens is 282 g/mol. The van der Waals surface area contributed by atoms with Gasteiger partial charge in [-0.2, -0.15) is 4.98 Å². The first-order valence-electron chi connectivity index (χ1n) is 5.55. The van der Waals surface area contributed by atoms with Crippen LogP contribution in [-0.2, 0) is 0 Å². The summed E-state index contributed by atoms with van der Waals surface area (Å²) in [6.07, 6.45) is 0. The van der Waals surface area contributed by atoms with Gasteiger partial charge in [0.15, 0.2) is 0 Å². The molecule has 1 aliphatic heterocycles. The molecule has 0 radical (unpaired) electrons. The van der Waals surface area contributed by atoms with Gasteiger partial charge in [0.2, 0.25) is 11.7 Å². The van der Waals surface area contributed by atoms with Crippen molar-refractivity contribution >= 4 is 15.9 Å². The smallest absolute Gasteiger partial charge is 0.232 e. The van der Waals surface area contributed by atoms with Crippen LogP contribution in [0.15, 0.2) is 27.2 Å². The standard InChI is InChI=1S/C12H12BrN3O/c1-7-2-3-9(10(13)4-7)11-15-12(17-16-11)8-5-14-6-8/h2-4,8,14H,5-6H2,1H3. The molecule has 88 valence electrons. The van der Waals surface area contributed by atoms with Crippen molar-refractivity contribution in [1.82, 2.24) is 15.5 Å². The van der Waals surface area contributed by atoms with Crippen molar-refractivity contribution in [2.24, 2.45) is 0 Å². The summed E-state index contributed by atoms with van der Waals surface area (Å²) in [6, 6.07) is 6.10. The zero-order chi connectivity index (χ0) is 11.8. The molecule has 3 rings (SSSR count). The van der Waals surface area contributed by atoms with E-state index < -0.39 is 0 Å². The van der Waals surface area contributed by atoms with E-state index in [0.29, 0.717) is 11.7 Å². The first kappa shape index (κ1) is 10.9. The minimum Gasteiger partial charge on any atom is -0.339 e. The van der Waals surface area contributed by atoms with Crippen molar-refractivity contribution in [3.63, 3.8) is 0 Å². The Balaban J connectivity index is 1.94. The van der Waals surface area contributed by atoms with Gasteiger partial charge in [0, 0.05) is 23.1 Å². The summed E-state index contributed by atoms with van der Waals surface area (Å²) >= 11 is 3.53. The zero-order valence-corrected chi connectivity index (χ0v) is 11.0. The summed E-state index contributed by atoms with van der Waals surface area (Å²) in [5.41, 5.74) is 2.17. The fourth-order valence-corrected chi connectivity index (χ4v) is 2.45. The lowest BCUT2D eigenvalue weighted by Gasteiger charge is -2.22. The van der Waals surface area contributed by atoms with Gasteiger partial charge in [0.05, 0.1) is 5.92 Å². The number of hydrogen-bond donors (Lipinski definition) is 1. The van der Waals surface area contributed by atoms with E-state index in [1.165, 1.54) is 5.56 Å². The number of benzene rings is 1. The number of rotatable bonds is 2. The fourth-order valence-electron chi connectivity index (χ4n) is 1.78. The highest BCUT2D eigenvalue weighted by atomic mass is 79.9. The molecule has 5 heteroatoms. The quantitative estimate of drug-likeness (QED) is 0.924. The van der Waals surface area contributed by atoms with Gasteiger partial charge < -0.3 is 9.84 Å². The van der Waals surface area contributed by atoms with Crippen LogP contribution in [0, 0.1) is 6.92 Å². The van der Waals surface area contributed by atoms with Crippen LogP contribution in [0.25, 0.3) is 11.4 Å². The summed E-state index contributed by atoms with van der Waals surface area (Å²) in [4.78, 5) is 4.45. The number of nitrogens with zero attached hydrogens (tertiary/aromatic N) is 2. The lowest BCUT2D eigenvalue weighted by Crippen LogP contribution is -2.40. The van der Waals surface area contributed by atoms with Crippen molar-refractivity contribution in [1.29, 1.82) is 0 Å². The van der Waals surface area contributed by atoms with E-state index in [1.807, 2.05) is 12.1 Å². The van der Waals surface area contributed by atoms with Crippen LogP contribution in [0.3, 0.4) is 0 Å². The molecule has 0 spiro atoms. The number of halogens is 1. The zero-order valence-electron chi connectivity index (χ0n) is 9.40.